The molecule has 0 unspecified atom stereocenters. The molecule has 3 aromatic rings. The van der Waals surface area contributed by atoms with Gasteiger partial charge in [0.2, 0.25) is 0 Å². The number of carbonyl (C=O) groups is 1. The Labute approximate surface area is 179 Å². The van der Waals surface area contributed by atoms with Crippen LogP contribution in [-0.2, 0) is 29.7 Å². The minimum atomic E-state index is -3.47. The third-order valence-electron chi connectivity index (χ3n) is 4.84. The molecule has 1 N–H and O–H groups in total. The van der Waals surface area contributed by atoms with Gasteiger partial charge in [0.05, 0.1) is 18.6 Å². The quantitative estimate of drug-likeness (QED) is 0.622. The number of hydrogen-bond donors (Lipinski definition) is 1. The first-order valence-electron chi connectivity index (χ1n) is 9.35. The summed E-state index contributed by atoms with van der Waals surface area (Å²) in [5, 5.41) is 3.31. The van der Waals surface area contributed by atoms with Crippen molar-refractivity contribution >= 4 is 32.6 Å². The van der Waals surface area contributed by atoms with Gasteiger partial charge in [-0.1, -0.05) is 12.1 Å². The molecule has 0 atom stereocenters. The average molecular weight is 447 g/mol. The van der Waals surface area contributed by atoms with Crippen molar-refractivity contribution in [1.29, 1.82) is 0 Å². The molecule has 3 heterocycles. The van der Waals surface area contributed by atoms with Crippen LogP contribution in [0.4, 0.5) is 5.13 Å². The van der Waals surface area contributed by atoms with Crippen LogP contribution in [0.25, 0.3) is 0 Å². The lowest BCUT2D eigenvalue weighted by molar-refractivity contribution is 0.102. The summed E-state index contributed by atoms with van der Waals surface area (Å²) in [5.41, 5.74) is 2.45. The molecule has 30 heavy (non-hydrogen) atoms. The highest BCUT2D eigenvalue weighted by Gasteiger charge is 2.30. The average Bonchev–Trinajstić information content (AvgIpc) is 3.36. The standard InChI is InChI=1S/C19H22N6O3S2/c1-23(2)30(27,28)25-9-7-16-17(12-25)29-19(21-16)22-18(26)15-5-3-14(4-6-15)11-24-10-8-20-13-24/h3-6,8,10,13H,7,9,11-12H2,1-2H3,(H,21,22,26). The molecule has 1 aromatic carbocycles. The summed E-state index contributed by atoms with van der Waals surface area (Å²) in [6, 6.07) is 7.37. The Bertz CT molecular complexity index is 1140. The van der Waals surface area contributed by atoms with Crippen LogP contribution in [-0.4, -0.2) is 58.1 Å². The van der Waals surface area contributed by atoms with Gasteiger partial charge in [-0.2, -0.15) is 17.0 Å². The molecule has 0 aliphatic carbocycles. The Morgan fingerprint density at radius 1 is 1.27 bits per heavy atom. The van der Waals surface area contributed by atoms with E-state index in [9.17, 15) is 13.2 Å². The van der Waals surface area contributed by atoms with E-state index in [0.29, 0.717) is 30.2 Å². The molecule has 158 valence electrons. The molecular weight excluding hydrogens is 424 g/mol. The highest BCUT2D eigenvalue weighted by Crippen LogP contribution is 2.30. The van der Waals surface area contributed by atoms with E-state index >= 15 is 0 Å². The van der Waals surface area contributed by atoms with Gasteiger partial charge in [0.1, 0.15) is 0 Å². The topological polar surface area (TPSA) is 100 Å². The van der Waals surface area contributed by atoms with Gasteiger partial charge in [-0.3, -0.25) is 10.1 Å². The van der Waals surface area contributed by atoms with Crippen molar-refractivity contribution in [1.82, 2.24) is 23.1 Å². The van der Waals surface area contributed by atoms with Crippen LogP contribution >= 0.6 is 11.3 Å². The minimum absolute atomic E-state index is 0.243. The van der Waals surface area contributed by atoms with Gasteiger partial charge in [0.15, 0.2) is 5.13 Å². The summed E-state index contributed by atoms with van der Waals surface area (Å²) in [6.45, 7) is 1.34. The SMILES string of the molecule is CN(C)S(=O)(=O)N1CCc2nc(NC(=O)c3ccc(Cn4ccnc4)cc3)sc2C1. The number of imidazole rings is 1. The normalized spacial score (nSPS) is 14.6. The van der Waals surface area contributed by atoms with Crippen LogP contribution in [0.2, 0.25) is 0 Å². The molecule has 0 radical (unpaired) electrons. The largest absolute Gasteiger partial charge is 0.333 e. The van der Waals surface area contributed by atoms with Crippen molar-refractivity contribution in [3.63, 3.8) is 0 Å². The number of aromatic nitrogens is 3. The second-order valence-electron chi connectivity index (χ2n) is 7.15. The molecule has 0 saturated carbocycles. The molecule has 2 aromatic heterocycles. The summed E-state index contributed by atoms with van der Waals surface area (Å²) in [6.07, 6.45) is 5.88. The van der Waals surface area contributed by atoms with Gasteiger partial charge in [0, 0.05) is 56.4 Å². The number of carbonyl (C=O) groups excluding carboxylic acids is 1. The summed E-state index contributed by atoms with van der Waals surface area (Å²) >= 11 is 1.32. The van der Waals surface area contributed by atoms with Crippen LogP contribution < -0.4 is 5.32 Å². The van der Waals surface area contributed by atoms with Gasteiger partial charge in [-0.05, 0) is 17.7 Å². The molecule has 1 amide bonds. The first-order valence-corrected chi connectivity index (χ1v) is 11.6. The van der Waals surface area contributed by atoms with Gasteiger partial charge in [-0.15, -0.1) is 11.3 Å². The van der Waals surface area contributed by atoms with E-state index in [4.69, 9.17) is 0 Å². The van der Waals surface area contributed by atoms with Crippen molar-refractivity contribution in [2.24, 2.45) is 0 Å². The van der Waals surface area contributed by atoms with E-state index in [-0.39, 0.29) is 12.5 Å². The lowest BCUT2D eigenvalue weighted by Crippen LogP contribution is -2.42. The maximum Gasteiger partial charge on any atom is 0.281 e. The monoisotopic (exact) mass is 446 g/mol. The van der Waals surface area contributed by atoms with Crippen molar-refractivity contribution in [3.05, 3.63) is 64.7 Å². The number of amides is 1. The fourth-order valence-electron chi connectivity index (χ4n) is 3.18. The molecule has 0 bridgehead atoms. The lowest BCUT2D eigenvalue weighted by atomic mass is 10.1. The van der Waals surface area contributed by atoms with Gasteiger partial charge in [-0.25, -0.2) is 9.97 Å². The van der Waals surface area contributed by atoms with Crippen LogP contribution in [0.15, 0.2) is 43.0 Å². The summed E-state index contributed by atoms with van der Waals surface area (Å²) in [5.74, 6) is -0.243. The number of benzene rings is 1. The van der Waals surface area contributed by atoms with E-state index in [1.54, 1.807) is 24.7 Å². The van der Waals surface area contributed by atoms with E-state index in [2.05, 4.69) is 15.3 Å². The van der Waals surface area contributed by atoms with Crippen LogP contribution in [0.1, 0.15) is 26.5 Å². The van der Waals surface area contributed by atoms with Crippen molar-refractivity contribution in [2.45, 2.75) is 19.5 Å². The number of nitrogens with zero attached hydrogens (tertiary/aromatic N) is 5. The first-order chi connectivity index (χ1) is 14.3. The second kappa shape index (κ2) is 8.26. The minimum Gasteiger partial charge on any atom is -0.333 e. The zero-order valence-corrected chi connectivity index (χ0v) is 18.3. The third kappa shape index (κ3) is 4.29. The van der Waals surface area contributed by atoms with Crippen molar-refractivity contribution in [2.75, 3.05) is 26.0 Å². The molecule has 4 rings (SSSR count). The zero-order valence-electron chi connectivity index (χ0n) is 16.6. The Morgan fingerprint density at radius 3 is 2.70 bits per heavy atom. The molecule has 1 aliphatic heterocycles. The van der Waals surface area contributed by atoms with Crippen LogP contribution in [0.5, 0.6) is 0 Å². The Hall–Kier alpha value is -2.60. The third-order valence-corrected chi connectivity index (χ3v) is 7.73. The van der Waals surface area contributed by atoms with Crippen LogP contribution in [0.3, 0.4) is 0 Å². The number of hydrogen-bond acceptors (Lipinski definition) is 6. The highest BCUT2D eigenvalue weighted by atomic mass is 32.2. The number of fused-ring (bicyclic) bond motifs is 1. The highest BCUT2D eigenvalue weighted by molar-refractivity contribution is 7.86. The first kappa shape index (κ1) is 20.7. The van der Waals surface area contributed by atoms with Crippen LogP contribution in [0, 0.1) is 0 Å². The van der Waals surface area contributed by atoms with Crippen molar-refractivity contribution < 1.29 is 13.2 Å². The Balaban J connectivity index is 1.42. The summed E-state index contributed by atoms with van der Waals surface area (Å²) < 4.78 is 29.3. The number of anilines is 1. The van der Waals surface area contributed by atoms with E-state index in [1.165, 1.54) is 34.0 Å². The molecule has 9 nitrogen and oxygen atoms in total. The summed E-state index contributed by atoms with van der Waals surface area (Å²) in [7, 11) is -0.434. The fourth-order valence-corrected chi connectivity index (χ4v) is 5.35. The second-order valence-corrected chi connectivity index (χ2v) is 10.4. The van der Waals surface area contributed by atoms with Gasteiger partial charge < -0.3 is 4.57 Å². The van der Waals surface area contributed by atoms with Gasteiger partial charge in [0.25, 0.3) is 16.1 Å². The molecule has 0 saturated heterocycles. The smallest absolute Gasteiger partial charge is 0.281 e. The van der Waals surface area contributed by atoms with E-state index in [0.717, 1.165) is 16.1 Å². The summed E-state index contributed by atoms with van der Waals surface area (Å²) in [4.78, 5) is 22.0. The molecule has 11 heteroatoms. The number of thiazole rings is 1. The van der Waals surface area contributed by atoms with Gasteiger partial charge >= 0.3 is 0 Å². The molecule has 1 aliphatic rings. The maximum absolute atomic E-state index is 12.6. The maximum atomic E-state index is 12.6. The molecule has 0 fully saturated rings. The fraction of sp³-hybridized carbons (Fsp3) is 0.316. The predicted molar refractivity (Wildman–Crippen MR) is 115 cm³/mol. The van der Waals surface area contributed by atoms with Crippen molar-refractivity contribution in [3.8, 4) is 0 Å². The van der Waals surface area contributed by atoms with E-state index < -0.39 is 10.2 Å². The number of nitrogens with one attached hydrogen (secondary N) is 1. The lowest BCUT2D eigenvalue weighted by Gasteiger charge is -2.27. The molecular formula is C19H22N6O3S2. The predicted octanol–water partition coefficient (Wildman–Crippen LogP) is 1.80. The molecule has 0 spiro atoms. The number of rotatable bonds is 6. The van der Waals surface area contributed by atoms with E-state index in [1.807, 2.05) is 22.9 Å². The Kier molecular flexibility index (Phi) is 5.69. The Morgan fingerprint density at radius 2 is 2.03 bits per heavy atom. The zero-order chi connectivity index (χ0) is 21.3.